The van der Waals surface area contributed by atoms with E-state index in [1.807, 2.05) is 0 Å². The lowest BCUT2D eigenvalue weighted by Crippen LogP contribution is -2.37. The van der Waals surface area contributed by atoms with Gasteiger partial charge in [0.2, 0.25) is 0 Å². The van der Waals surface area contributed by atoms with Crippen LogP contribution in [0.2, 0.25) is 0 Å². The van der Waals surface area contributed by atoms with Crippen molar-refractivity contribution in [3.63, 3.8) is 0 Å². The first kappa shape index (κ1) is 12.5. The van der Waals surface area contributed by atoms with Crippen molar-refractivity contribution in [1.82, 2.24) is 15.2 Å². The van der Waals surface area contributed by atoms with Crippen LogP contribution in [0.5, 0.6) is 0 Å². The molecule has 0 spiro atoms. The van der Waals surface area contributed by atoms with Crippen LogP contribution >= 0.6 is 0 Å². The number of hydrogen-bond acceptors (Lipinski definition) is 3. The van der Waals surface area contributed by atoms with Crippen LogP contribution in [0.1, 0.15) is 25.3 Å². The highest BCUT2D eigenvalue weighted by atomic mass is 19.1. The molecule has 1 aromatic rings. The second kappa shape index (κ2) is 6.07. The van der Waals surface area contributed by atoms with E-state index in [9.17, 15) is 4.39 Å². The summed E-state index contributed by atoms with van der Waals surface area (Å²) in [6.45, 7) is 6.20. The van der Waals surface area contributed by atoms with Gasteiger partial charge in [0.15, 0.2) is 0 Å². The Labute approximate surface area is 102 Å². The standard InChI is InChI=1S/C13H20FN3/c1-2-17-5-3-4-13(17)10-16-8-11-6-12(14)9-15-7-11/h6-7,9,13,16H,2-5,8,10H2,1H3. The zero-order valence-electron chi connectivity index (χ0n) is 10.3. The van der Waals surface area contributed by atoms with Gasteiger partial charge in [-0.25, -0.2) is 4.39 Å². The van der Waals surface area contributed by atoms with Crippen LogP contribution in [0, 0.1) is 5.82 Å². The minimum absolute atomic E-state index is 0.264. The molecule has 3 nitrogen and oxygen atoms in total. The van der Waals surface area contributed by atoms with E-state index < -0.39 is 0 Å². The van der Waals surface area contributed by atoms with Crippen molar-refractivity contribution < 1.29 is 4.39 Å². The van der Waals surface area contributed by atoms with Gasteiger partial charge in [-0.15, -0.1) is 0 Å². The Morgan fingerprint density at radius 2 is 2.41 bits per heavy atom. The molecule has 2 heterocycles. The number of likely N-dealkylation sites (tertiary alicyclic amines) is 1. The topological polar surface area (TPSA) is 28.2 Å². The van der Waals surface area contributed by atoms with Gasteiger partial charge in [-0.3, -0.25) is 9.88 Å². The summed E-state index contributed by atoms with van der Waals surface area (Å²) < 4.78 is 12.9. The fourth-order valence-electron chi connectivity index (χ4n) is 2.48. The van der Waals surface area contributed by atoms with Gasteiger partial charge < -0.3 is 5.32 Å². The molecule has 0 radical (unpaired) electrons. The average molecular weight is 237 g/mol. The molecule has 0 saturated carbocycles. The largest absolute Gasteiger partial charge is 0.311 e. The summed E-state index contributed by atoms with van der Waals surface area (Å²) in [6.07, 6.45) is 5.51. The van der Waals surface area contributed by atoms with Crippen LogP contribution in [0.15, 0.2) is 18.5 Å². The molecule has 0 aromatic carbocycles. The molecule has 1 atom stereocenters. The monoisotopic (exact) mass is 237 g/mol. The van der Waals surface area contributed by atoms with Crippen LogP contribution in [0.25, 0.3) is 0 Å². The molecule has 4 heteroatoms. The van der Waals surface area contributed by atoms with Crippen molar-refractivity contribution in [2.24, 2.45) is 0 Å². The van der Waals surface area contributed by atoms with Gasteiger partial charge >= 0.3 is 0 Å². The molecule has 1 aliphatic rings. The molecule has 1 aliphatic heterocycles. The van der Waals surface area contributed by atoms with Crippen molar-refractivity contribution in [3.8, 4) is 0 Å². The molecular formula is C13H20FN3. The molecule has 1 fully saturated rings. The van der Waals surface area contributed by atoms with Gasteiger partial charge in [0.1, 0.15) is 5.82 Å². The number of nitrogens with one attached hydrogen (secondary N) is 1. The number of pyridine rings is 1. The molecule has 2 rings (SSSR count). The highest BCUT2D eigenvalue weighted by Gasteiger charge is 2.21. The average Bonchev–Trinajstić information content (AvgIpc) is 2.77. The molecule has 0 amide bonds. The molecule has 0 bridgehead atoms. The number of hydrogen-bond donors (Lipinski definition) is 1. The number of rotatable bonds is 5. The molecule has 17 heavy (non-hydrogen) atoms. The number of likely N-dealkylation sites (N-methyl/N-ethyl adjacent to an activating group) is 1. The van der Waals surface area contributed by atoms with Crippen molar-refractivity contribution in [1.29, 1.82) is 0 Å². The van der Waals surface area contributed by atoms with Crippen LogP contribution in [0.3, 0.4) is 0 Å². The first-order chi connectivity index (χ1) is 8.29. The number of aromatic nitrogens is 1. The third-order valence-corrected chi connectivity index (χ3v) is 3.38. The maximum atomic E-state index is 12.9. The van der Waals surface area contributed by atoms with Crippen molar-refractivity contribution >= 4 is 0 Å². The van der Waals surface area contributed by atoms with Gasteiger partial charge in [-0.05, 0) is 37.6 Å². The summed E-state index contributed by atoms with van der Waals surface area (Å²) >= 11 is 0. The van der Waals surface area contributed by atoms with E-state index in [0.717, 1.165) is 18.7 Å². The predicted octanol–water partition coefficient (Wildman–Crippen LogP) is 1.79. The van der Waals surface area contributed by atoms with Gasteiger partial charge in [0, 0.05) is 25.3 Å². The second-order valence-corrected chi connectivity index (χ2v) is 4.57. The molecule has 1 aromatic heterocycles. The minimum atomic E-state index is -0.264. The summed E-state index contributed by atoms with van der Waals surface area (Å²) in [6, 6.07) is 2.17. The van der Waals surface area contributed by atoms with Crippen molar-refractivity contribution in [2.45, 2.75) is 32.4 Å². The smallest absolute Gasteiger partial charge is 0.141 e. The summed E-state index contributed by atoms with van der Waals surface area (Å²) in [5.41, 5.74) is 0.908. The first-order valence-corrected chi connectivity index (χ1v) is 6.33. The van der Waals surface area contributed by atoms with Crippen molar-refractivity contribution in [3.05, 3.63) is 29.8 Å². The normalized spacial score (nSPS) is 20.9. The van der Waals surface area contributed by atoms with Crippen LogP contribution in [-0.4, -0.2) is 35.6 Å². The first-order valence-electron chi connectivity index (χ1n) is 6.33. The Balaban J connectivity index is 1.76. The van der Waals surface area contributed by atoms with Crippen LogP contribution < -0.4 is 5.32 Å². The fraction of sp³-hybridized carbons (Fsp3) is 0.615. The van der Waals surface area contributed by atoms with E-state index >= 15 is 0 Å². The van der Waals surface area contributed by atoms with Gasteiger partial charge in [0.25, 0.3) is 0 Å². The number of halogens is 1. The Kier molecular flexibility index (Phi) is 4.45. The lowest BCUT2D eigenvalue weighted by Gasteiger charge is -2.22. The van der Waals surface area contributed by atoms with E-state index in [1.54, 1.807) is 6.20 Å². The van der Waals surface area contributed by atoms with Crippen LogP contribution in [-0.2, 0) is 6.54 Å². The fourth-order valence-corrected chi connectivity index (χ4v) is 2.48. The Bertz CT molecular complexity index is 356. The Hall–Kier alpha value is -1.00. The summed E-state index contributed by atoms with van der Waals surface area (Å²) in [4.78, 5) is 6.34. The zero-order chi connectivity index (χ0) is 12.1. The molecule has 1 N–H and O–H groups in total. The number of nitrogens with zero attached hydrogens (tertiary/aromatic N) is 2. The van der Waals surface area contributed by atoms with E-state index in [2.05, 4.69) is 22.1 Å². The lowest BCUT2D eigenvalue weighted by molar-refractivity contribution is 0.260. The van der Waals surface area contributed by atoms with Gasteiger partial charge in [0.05, 0.1) is 6.20 Å². The minimum Gasteiger partial charge on any atom is -0.311 e. The Morgan fingerprint density at radius 1 is 1.53 bits per heavy atom. The quantitative estimate of drug-likeness (QED) is 0.846. The highest BCUT2D eigenvalue weighted by molar-refractivity contribution is 5.09. The summed E-state index contributed by atoms with van der Waals surface area (Å²) in [7, 11) is 0. The lowest BCUT2D eigenvalue weighted by atomic mass is 10.2. The van der Waals surface area contributed by atoms with Gasteiger partial charge in [-0.1, -0.05) is 6.92 Å². The summed E-state index contributed by atoms with van der Waals surface area (Å²) in [5.74, 6) is -0.264. The predicted molar refractivity (Wildman–Crippen MR) is 66.2 cm³/mol. The van der Waals surface area contributed by atoms with E-state index in [0.29, 0.717) is 12.6 Å². The third kappa shape index (κ3) is 3.48. The Morgan fingerprint density at radius 3 is 3.18 bits per heavy atom. The van der Waals surface area contributed by atoms with Crippen molar-refractivity contribution in [2.75, 3.05) is 19.6 Å². The summed E-state index contributed by atoms with van der Waals surface area (Å²) in [5, 5.41) is 3.39. The highest BCUT2D eigenvalue weighted by Crippen LogP contribution is 2.15. The van der Waals surface area contributed by atoms with E-state index in [-0.39, 0.29) is 5.82 Å². The maximum Gasteiger partial charge on any atom is 0.141 e. The molecular weight excluding hydrogens is 217 g/mol. The van der Waals surface area contributed by atoms with Gasteiger partial charge in [-0.2, -0.15) is 0 Å². The molecule has 94 valence electrons. The maximum absolute atomic E-state index is 12.9. The molecule has 0 aliphatic carbocycles. The molecule has 1 unspecified atom stereocenters. The molecule has 1 saturated heterocycles. The van der Waals surface area contributed by atoms with E-state index in [4.69, 9.17) is 0 Å². The van der Waals surface area contributed by atoms with Crippen LogP contribution in [0.4, 0.5) is 4.39 Å². The third-order valence-electron chi connectivity index (χ3n) is 3.38. The second-order valence-electron chi connectivity index (χ2n) is 4.57. The zero-order valence-corrected chi connectivity index (χ0v) is 10.3. The SMILES string of the molecule is CCN1CCCC1CNCc1cncc(F)c1. The van der Waals surface area contributed by atoms with E-state index in [1.165, 1.54) is 31.6 Å².